The third-order valence-corrected chi connectivity index (χ3v) is 2.63. The first-order valence-corrected chi connectivity index (χ1v) is 5.35. The molecule has 1 heterocycles. The van der Waals surface area contributed by atoms with Crippen molar-refractivity contribution < 1.29 is 19.2 Å². The number of amides is 1. The molecule has 1 aromatic rings. The topological polar surface area (TPSA) is 90.7 Å². The summed E-state index contributed by atoms with van der Waals surface area (Å²) in [6.45, 7) is 0.884. The number of methoxy groups -OCH3 is 1. The minimum atomic E-state index is -0.742. The lowest BCUT2D eigenvalue weighted by Gasteiger charge is -2.23. The number of carbonyl (C=O) groups excluding carboxylic acids is 1. The van der Waals surface area contributed by atoms with Crippen LogP contribution in [0, 0.1) is 10.1 Å². The Labute approximate surface area is 103 Å². The zero-order valence-electron chi connectivity index (χ0n) is 9.71. The third kappa shape index (κ3) is 2.25. The molecule has 0 aromatic heterocycles. The maximum absolute atomic E-state index is 11.6. The molecule has 1 amide bonds. The molecule has 2 rings (SSSR count). The van der Waals surface area contributed by atoms with Gasteiger partial charge in [-0.25, -0.2) is 0 Å². The van der Waals surface area contributed by atoms with Gasteiger partial charge in [-0.3, -0.25) is 14.9 Å². The predicted octanol–water partition coefficient (Wildman–Crippen LogP) is 0.791. The Morgan fingerprint density at radius 1 is 1.56 bits per heavy atom. The van der Waals surface area contributed by atoms with Crippen molar-refractivity contribution in [1.29, 1.82) is 0 Å². The summed E-state index contributed by atoms with van der Waals surface area (Å²) in [5.74, 6) is -0.142. The molecule has 96 valence electrons. The van der Waals surface area contributed by atoms with Crippen LogP contribution < -0.4 is 10.1 Å². The lowest BCUT2D eigenvalue weighted by atomic mass is 10.1. The summed E-state index contributed by atoms with van der Waals surface area (Å²) in [6, 6.07) is 4.25. The maximum atomic E-state index is 11.6. The van der Waals surface area contributed by atoms with Gasteiger partial charge in [0.05, 0.1) is 18.6 Å². The Kier molecular flexibility index (Phi) is 3.42. The number of hydrogen-bond acceptors (Lipinski definition) is 5. The van der Waals surface area contributed by atoms with E-state index in [0.717, 1.165) is 0 Å². The standard InChI is InChI=1S/C11H12N2O5/c1-17-9-6-7(2-3-8(9)13(15)16)10-11(14)12-4-5-18-10/h2-3,6,10H,4-5H2,1H3,(H,12,14). The molecule has 7 nitrogen and oxygen atoms in total. The monoisotopic (exact) mass is 252 g/mol. The number of nitrogens with one attached hydrogen (secondary N) is 1. The van der Waals surface area contributed by atoms with Crippen LogP contribution in [-0.4, -0.2) is 31.1 Å². The van der Waals surface area contributed by atoms with E-state index >= 15 is 0 Å². The first kappa shape index (κ1) is 12.3. The molecule has 1 saturated heterocycles. The van der Waals surface area contributed by atoms with Gasteiger partial charge in [-0.05, 0) is 17.7 Å². The highest BCUT2D eigenvalue weighted by atomic mass is 16.6. The number of rotatable bonds is 3. The van der Waals surface area contributed by atoms with Crippen LogP contribution in [0.2, 0.25) is 0 Å². The number of ether oxygens (including phenoxy) is 2. The van der Waals surface area contributed by atoms with Crippen LogP contribution in [0.25, 0.3) is 0 Å². The second kappa shape index (κ2) is 5.01. The van der Waals surface area contributed by atoms with Crippen molar-refractivity contribution in [3.8, 4) is 5.75 Å². The maximum Gasteiger partial charge on any atom is 0.310 e. The van der Waals surface area contributed by atoms with E-state index < -0.39 is 11.0 Å². The van der Waals surface area contributed by atoms with Gasteiger partial charge in [0.1, 0.15) is 0 Å². The fourth-order valence-electron chi connectivity index (χ4n) is 1.78. The zero-order valence-corrected chi connectivity index (χ0v) is 9.71. The first-order chi connectivity index (χ1) is 8.63. The van der Waals surface area contributed by atoms with Crippen LogP contribution in [-0.2, 0) is 9.53 Å². The Hall–Kier alpha value is -2.15. The van der Waals surface area contributed by atoms with Crippen molar-refractivity contribution in [2.45, 2.75) is 6.10 Å². The largest absolute Gasteiger partial charge is 0.490 e. The smallest absolute Gasteiger partial charge is 0.310 e. The number of nitro groups is 1. The molecule has 0 aliphatic carbocycles. The van der Waals surface area contributed by atoms with E-state index in [4.69, 9.17) is 9.47 Å². The van der Waals surface area contributed by atoms with Crippen molar-refractivity contribution in [2.75, 3.05) is 20.3 Å². The Balaban J connectivity index is 2.34. The molecule has 1 aromatic carbocycles. The van der Waals surface area contributed by atoms with Gasteiger partial charge in [0, 0.05) is 12.6 Å². The van der Waals surface area contributed by atoms with Gasteiger partial charge in [0.15, 0.2) is 11.9 Å². The van der Waals surface area contributed by atoms with E-state index in [0.29, 0.717) is 18.7 Å². The number of nitrogens with zero attached hydrogens (tertiary/aromatic N) is 1. The SMILES string of the molecule is COc1cc(C2OCCNC2=O)ccc1[N+](=O)[O-]. The molecule has 1 fully saturated rings. The first-order valence-electron chi connectivity index (χ1n) is 5.35. The van der Waals surface area contributed by atoms with Gasteiger partial charge in [-0.15, -0.1) is 0 Å². The molecule has 1 aliphatic heterocycles. The average Bonchev–Trinajstić information content (AvgIpc) is 2.38. The van der Waals surface area contributed by atoms with E-state index in [2.05, 4.69) is 5.32 Å². The number of carbonyl (C=O) groups is 1. The molecule has 1 atom stereocenters. The fraction of sp³-hybridized carbons (Fsp3) is 0.364. The van der Waals surface area contributed by atoms with E-state index in [1.54, 1.807) is 0 Å². The summed E-state index contributed by atoms with van der Waals surface area (Å²) in [4.78, 5) is 21.8. The van der Waals surface area contributed by atoms with Gasteiger partial charge in [-0.2, -0.15) is 0 Å². The molecule has 0 spiro atoms. The number of nitro benzene ring substituents is 1. The van der Waals surface area contributed by atoms with Crippen LogP contribution in [0.15, 0.2) is 18.2 Å². The number of morpholine rings is 1. The lowest BCUT2D eigenvalue weighted by Crippen LogP contribution is -2.39. The van der Waals surface area contributed by atoms with Crippen LogP contribution in [0.4, 0.5) is 5.69 Å². The molecule has 0 bridgehead atoms. The highest BCUT2D eigenvalue weighted by Crippen LogP contribution is 2.31. The van der Waals surface area contributed by atoms with Crippen LogP contribution >= 0.6 is 0 Å². The Morgan fingerprint density at radius 2 is 2.33 bits per heavy atom. The second-order valence-electron chi connectivity index (χ2n) is 3.73. The molecular weight excluding hydrogens is 240 g/mol. The van der Waals surface area contributed by atoms with Crippen molar-refractivity contribution >= 4 is 11.6 Å². The third-order valence-electron chi connectivity index (χ3n) is 2.63. The number of benzene rings is 1. The van der Waals surface area contributed by atoms with Gasteiger partial charge in [0.25, 0.3) is 5.91 Å². The van der Waals surface area contributed by atoms with Crippen LogP contribution in [0.5, 0.6) is 5.75 Å². The Morgan fingerprint density at radius 3 is 2.94 bits per heavy atom. The van der Waals surface area contributed by atoms with Crippen molar-refractivity contribution in [2.24, 2.45) is 0 Å². The van der Waals surface area contributed by atoms with Gasteiger partial charge >= 0.3 is 5.69 Å². The van der Waals surface area contributed by atoms with Crippen molar-refractivity contribution in [3.63, 3.8) is 0 Å². The molecule has 0 saturated carbocycles. The van der Waals surface area contributed by atoms with Gasteiger partial charge in [0.2, 0.25) is 0 Å². The summed E-state index contributed by atoms with van der Waals surface area (Å²) >= 11 is 0. The summed E-state index contributed by atoms with van der Waals surface area (Å²) in [5, 5.41) is 13.4. The molecule has 0 radical (unpaired) electrons. The molecular formula is C11H12N2O5. The number of hydrogen-bond donors (Lipinski definition) is 1. The fourth-order valence-corrected chi connectivity index (χ4v) is 1.78. The van der Waals surface area contributed by atoms with Crippen molar-refractivity contribution in [1.82, 2.24) is 5.32 Å². The van der Waals surface area contributed by atoms with E-state index in [9.17, 15) is 14.9 Å². The van der Waals surface area contributed by atoms with E-state index in [1.165, 1.54) is 25.3 Å². The Bertz CT molecular complexity index is 488. The molecule has 1 unspecified atom stereocenters. The molecule has 18 heavy (non-hydrogen) atoms. The molecule has 1 N–H and O–H groups in total. The second-order valence-corrected chi connectivity index (χ2v) is 3.73. The predicted molar refractivity (Wildman–Crippen MR) is 61.4 cm³/mol. The highest BCUT2D eigenvalue weighted by molar-refractivity contribution is 5.83. The normalized spacial score (nSPS) is 19.2. The van der Waals surface area contributed by atoms with Crippen LogP contribution in [0.3, 0.4) is 0 Å². The van der Waals surface area contributed by atoms with E-state index in [1.807, 2.05) is 0 Å². The molecule has 7 heteroatoms. The minimum absolute atomic E-state index is 0.111. The van der Waals surface area contributed by atoms with Gasteiger partial charge in [-0.1, -0.05) is 0 Å². The zero-order chi connectivity index (χ0) is 13.1. The summed E-state index contributed by atoms with van der Waals surface area (Å²) in [7, 11) is 1.34. The summed E-state index contributed by atoms with van der Waals surface area (Å²) in [6.07, 6.45) is -0.742. The molecule has 1 aliphatic rings. The highest BCUT2D eigenvalue weighted by Gasteiger charge is 2.27. The lowest BCUT2D eigenvalue weighted by molar-refractivity contribution is -0.385. The minimum Gasteiger partial charge on any atom is -0.490 e. The van der Waals surface area contributed by atoms with Crippen molar-refractivity contribution in [3.05, 3.63) is 33.9 Å². The average molecular weight is 252 g/mol. The quantitative estimate of drug-likeness (QED) is 0.634. The van der Waals surface area contributed by atoms with Gasteiger partial charge < -0.3 is 14.8 Å². The summed E-state index contributed by atoms with van der Waals surface area (Å²) in [5.41, 5.74) is 0.395. The van der Waals surface area contributed by atoms with Crippen LogP contribution in [0.1, 0.15) is 11.7 Å². The summed E-state index contributed by atoms with van der Waals surface area (Å²) < 4.78 is 10.3. The van der Waals surface area contributed by atoms with E-state index in [-0.39, 0.29) is 17.3 Å².